The van der Waals surface area contributed by atoms with Gasteiger partial charge in [-0.1, -0.05) is 32.0 Å². The summed E-state index contributed by atoms with van der Waals surface area (Å²) in [6.07, 6.45) is 1.45. The van der Waals surface area contributed by atoms with Gasteiger partial charge in [-0.3, -0.25) is 14.3 Å². The number of likely N-dealkylation sites (tertiary alicyclic amines) is 1. The third-order valence-electron chi connectivity index (χ3n) is 5.90. The number of piperidine rings is 1. The number of carbonyl (C=O) groups is 2. The third kappa shape index (κ3) is 6.57. The highest BCUT2D eigenvalue weighted by atomic mass is 32.2. The Morgan fingerprint density at radius 2 is 1.88 bits per heavy atom. The van der Waals surface area contributed by atoms with E-state index in [4.69, 9.17) is 4.74 Å². The van der Waals surface area contributed by atoms with Crippen molar-refractivity contribution in [3.8, 4) is 0 Å². The zero-order valence-electron chi connectivity index (χ0n) is 19.9. The highest BCUT2D eigenvalue weighted by Gasteiger charge is 2.29. The second-order valence-electron chi connectivity index (χ2n) is 8.78. The molecule has 184 valence electrons. The van der Waals surface area contributed by atoms with Crippen LogP contribution in [0.4, 0.5) is 5.69 Å². The summed E-state index contributed by atoms with van der Waals surface area (Å²) in [5.41, 5.74) is 1.74. The van der Waals surface area contributed by atoms with Gasteiger partial charge >= 0.3 is 0 Å². The van der Waals surface area contributed by atoms with E-state index in [1.165, 1.54) is 6.07 Å². The second kappa shape index (κ2) is 11.5. The van der Waals surface area contributed by atoms with E-state index in [1.54, 1.807) is 54.5 Å². The Morgan fingerprint density at radius 3 is 2.56 bits per heavy atom. The molecule has 8 nitrogen and oxygen atoms in total. The molecule has 2 aromatic carbocycles. The molecule has 2 aromatic rings. The Hall–Kier alpha value is -2.91. The number of carbonyl (C=O) groups excluding carboxylic acids is 2. The van der Waals surface area contributed by atoms with E-state index in [1.807, 2.05) is 13.8 Å². The maximum atomic E-state index is 13.1. The van der Waals surface area contributed by atoms with Crippen LogP contribution in [0.5, 0.6) is 0 Å². The molecule has 1 aliphatic rings. The van der Waals surface area contributed by atoms with Crippen molar-refractivity contribution in [2.24, 2.45) is 5.92 Å². The molecule has 0 spiro atoms. The number of nitrogens with zero attached hydrogens (tertiary/aromatic N) is 1. The van der Waals surface area contributed by atoms with E-state index in [2.05, 4.69) is 10.0 Å². The predicted octanol–water partition coefficient (Wildman–Crippen LogP) is 3.23. The van der Waals surface area contributed by atoms with Gasteiger partial charge in [-0.05, 0) is 54.7 Å². The number of hydrogen-bond acceptors (Lipinski definition) is 5. The first-order chi connectivity index (χ1) is 16.2. The smallest absolute Gasteiger partial charge is 0.261 e. The van der Waals surface area contributed by atoms with Crippen molar-refractivity contribution in [3.05, 3.63) is 59.7 Å². The molecule has 9 heteroatoms. The van der Waals surface area contributed by atoms with Crippen molar-refractivity contribution < 1.29 is 22.7 Å². The number of hydrogen-bond donors (Lipinski definition) is 2. The van der Waals surface area contributed by atoms with Gasteiger partial charge in [-0.2, -0.15) is 0 Å². The number of ether oxygens (including phenoxy) is 1. The van der Waals surface area contributed by atoms with Crippen LogP contribution >= 0.6 is 0 Å². The first-order valence-electron chi connectivity index (χ1n) is 11.5. The Kier molecular flexibility index (Phi) is 8.68. The molecule has 0 unspecified atom stereocenters. The molecule has 1 fully saturated rings. The van der Waals surface area contributed by atoms with Crippen LogP contribution in [0.25, 0.3) is 0 Å². The van der Waals surface area contributed by atoms with Gasteiger partial charge in [-0.15, -0.1) is 0 Å². The number of methoxy groups -OCH3 is 1. The summed E-state index contributed by atoms with van der Waals surface area (Å²) in [6.45, 7) is 5.84. The maximum Gasteiger partial charge on any atom is 0.261 e. The summed E-state index contributed by atoms with van der Waals surface area (Å²) in [5, 5.41) is 2.83. The minimum Gasteiger partial charge on any atom is -0.383 e. The summed E-state index contributed by atoms with van der Waals surface area (Å²) in [5.74, 6) is -0.278. The van der Waals surface area contributed by atoms with E-state index < -0.39 is 10.0 Å². The van der Waals surface area contributed by atoms with Crippen LogP contribution in [0.3, 0.4) is 0 Å². The van der Waals surface area contributed by atoms with Crippen molar-refractivity contribution in [2.45, 2.75) is 37.5 Å². The standard InChI is InChI=1S/C25H33N3O5S/c1-18(2)19-9-11-23(12-10-19)34(31,32)27-22-8-4-6-20(16-22)25(30)28-14-5-7-21(17-28)24(29)26-13-15-33-3/h4,6,8-12,16,18,21,27H,5,7,13-15,17H2,1-3H3,(H,26,29)/t21-/m0/s1. The summed E-state index contributed by atoms with van der Waals surface area (Å²) in [7, 11) is -2.22. The number of anilines is 1. The summed E-state index contributed by atoms with van der Waals surface area (Å²) >= 11 is 0. The molecule has 1 aliphatic heterocycles. The van der Waals surface area contributed by atoms with E-state index in [0.717, 1.165) is 18.4 Å². The minimum atomic E-state index is -3.79. The molecule has 34 heavy (non-hydrogen) atoms. The average Bonchev–Trinajstić information content (AvgIpc) is 2.83. The molecule has 0 radical (unpaired) electrons. The molecular weight excluding hydrogens is 454 g/mol. The SMILES string of the molecule is COCCNC(=O)[C@H]1CCCN(C(=O)c2cccc(NS(=O)(=O)c3ccc(C(C)C)cc3)c2)C1. The molecule has 0 bridgehead atoms. The number of benzene rings is 2. The molecule has 0 aliphatic carbocycles. The highest BCUT2D eigenvalue weighted by Crippen LogP contribution is 2.23. The lowest BCUT2D eigenvalue weighted by Gasteiger charge is -2.32. The molecular formula is C25H33N3O5S. The molecule has 2 N–H and O–H groups in total. The monoisotopic (exact) mass is 487 g/mol. The van der Waals surface area contributed by atoms with Gasteiger partial charge in [-0.25, -0.2) is 8.42 Å². The van der Waals surface area contributed by atoms with E-state index in [-0.39, 0.29) is 22.6 Å². The molecule has 1 atom stereocenters. The largest absolute Gasteiger partial charge is 0.383 e. The number of nitrogens with one attached hydrogen (secondary N) is 2. The first-order valence-corrected chi connectivity index (χ1v) is 13.0. The third-order valence-corrected chi connectivity index (χ3v) is 7.30. The van der Waals surface area contributed by atoms with Crippen LogP contribution in [-0.2, 0) is 19.6 Å². The number of rotatable bonds is 9. The van der Waals surface area contributed by atoms with Gasteiger partial charge in [0.2, 0.25) is 5.91 Å². The summed E-state index contributed by atoms with van der Waals surface area (Å²) in [4.78, 5) is 27.3. The van der Waals surface area contributed by atoms with Gasteiger partial charge in [0.15, 0.2) is 0 Å². The van der Waals surface area contributed by atoms with E-state index >= 15 is 0 Å². The fourth-order valence-corrected chi connectivity index (χ4v) is 4.99. The van der Waals surface area contributed by atoms with Crippen LogP contribution in [0.1, 0.15) is 48.5 Å². The zero-order chi connectivity index (χ0) is 24.7. The van der Waals surface area contributed by atoms with E-state index in [9.17, 15) is 18.0 Å². The predicted molar refractivity (Wildman–Crippen MR) is 131 cm³/mol. The molecule has 0 aromatic heterocycles. The topological polar surface area (TPSA) is 105 Å². The van der Waals surface area contributed by atoms with Gasteiger partial charge < -0.3 is 15.0 Å². The quantitative estimate of drug-likeness (QED) is 0.529. The number of amides is 2. The van der Waals surface area contributed by atoms with Gasteiger partial charge in [0, 0.05) is 38.0 Å². The molecule has 1 saturated heterocycles. The minimum absolute atomic E-state index is 0.0838. The van der Waals surface area contributed by atoms with Crippen molar-refractivity contribution in [1.82, 2.24) is 10.2 Å². The second-order valence-corrected chi connectivity index (χ2v) is 10.5. The van der Waals surface area contributed by atoms with Crippen LogP contribution in [0.2, 0.25) is 0 Å². The van der Waals surface area contributed by atoms with Crippen LogP contribution in [0.15, 0.2) is 53.4 Å². The fourth-order valence-electron chi connectivity index (χ4n) is 3.94. The average molecular weight is 488 g/mol. The van der Waals surface area contributed by atoms with Gasteiger partial charge in [0.25, 0.3) is 15.9 Å². The molecule has 3 rings (SSSR count). The maximum absolute atomic E-state index is 13.1. The van der Waals surface area contributed by atoms with Crippen LogP contribution in [0, 0.1) is 5.92 Å². The van der Waals surface area contributed by atoms with Crippen LogP contribution in [-0.4, -0.2) is 58.5 Å². The zero-order valence-corrected chi connectivity index (χ0v) is 20.7. The molecule has 1 heterocycles. The molecule has 0 saturated carbocycles. The van der Waals surface area contributed by atoms with Crippen molar-refractivity contribution in [3.63, 3.8) is 0 Å². The highest BCUT2D eigenvalue weighted by molar-refractivity contribution is 7.92. The lowest BCUT2D eigenvalue weighted by molar-refractivity contribution is -0.126. The van der Waals surface area contributed by atoms with Gasteiger partial charge in [0.1, 0.15) is 0 Å². The Morgan fingerprint density at radius 1 is 1.15 bits per heavy atom. The van der Waals surface area contributed by atoms with E-state index in [0.29, 0.717) is 43.4 Å². The fraction of sp³-hybridized carbons (Fsp3) is 0.440. The first kappa shape index (κ1) is 25.7. The Labute approximate surface area is 201 Å². The van der Waals surface area contributed by atoms with Crippen molar-refractivity contribution in [2.75, 3.05) is 38.1 Å². The Balaban J connectivity index is 1.68. The number of sulfonamides is 1. The van der Waals surface area contributed by atoms with Gasteiger partial charge in [0.05, 0.1) is 17.4 Å². The van der Waals surface area contributed by atoms with Crippen molar-refractivity contribution in [1.29, 1.82) is 0 Å². The Bertz CT molecular complexity index is 1100. The summed E-state index contributed by atoms with van der Waals surface area (Å²) < 4.78 is 33.2. The normalized spacial score (nSPS) is 16.4. The van der Waals surface area contributed by atoms with Crippen LogP contribution < -0.4 is 10.0 Å². The van der Waals surface area contributed by atoms with Crippen molar-refractivity contribution >= 4 is 27.5 Å². The lowest BCUT2D eigenvalue weighted by Crippen LogP contribution is -2.45. The molecule has 2 amide bonds. The lowest BCUT2D eigenvalue weighted by atomic mass is 9.96. The summed E-state index contributed by atoms with van der Waals surface area (Å²) in [6, 6.07) is 13.2.